The van der Waals surface area contributed by atoms with E-state index >= 15 is 0 Å². The zero-order chi connectivity index (χ0) is 25.5. The molecule has 0 aliphatic heterocycles. The summed E-state index contributed by atoms with van der Waals surface area (Å²) in [6.45, 7) is 2.20. The predicted molar refractivity (Wildman–Crippen MR) is 132 cm³/mol. The average molecular weight is 495 g/mol. The van der Waals surface area contributed by atoms with Crippen LogP contribution in [-0.4, -0.2) is 12.1 Å². The van der Waals surface area contributed by atoms with Gasteiger partial charge in [0.2, 0.25) is 0 Å². The van der Waals surface area contributed by atoms with Gasteiger partial charge in [-0.15, -0.1) is 0 Å². The van der Waals surface area contributed by atoms with Crippen LogP contribution in [0, 0.1) is 5.92 Å². The van der Waals surface area contributed by atoms with E-state index in [1.165, 1.54) is 56.7 Å². The molecule has 0 saturated heterocycles. The van der Waals surface area contributed by atoms with Gasteiger partial charge in [0.25, 0.3) is 0 Å². The number of halogens is 3. The van der Waals surface area contributed by atoms with Crippen molar-refractivity contribution in [3.05, 3.63) is 52.9 Å². The number of rotatable bonds is 16. The molecule has 0 aliphatic carbocycles. The Balaban J connectivity index is 1.68. The van der Waals surface area contributed by atoms with E-state index < -0.39 is 23.7 Å². The van der Waals surface area contributed by atoms with Crippen LogP contribution in [0.25, 0.3) is 11.0 Å². The van der Waals surface area contributed by atoms with Gasteiger partial charge < -0.3 is 9.15 Å². The normalized spacial score (nSPS) is 12.9. The van der Waals surface area contributed by atoms with Crippen molar-refractivity contribution in [2.45, 2.75) is 96.6 Å². The van der Waals surface area contributed by atoms with Gasteiger partial charge in [0, 0.05) is 23.9 Å². The predicted octanol–water partition coefficient (Wildman–Crippen LogP) is 8.52. The number of carbonyl (C=O) groups excluding carboxylic acids is 1. The molecule has 7 heteroatoms. The zero-order valence-electron chi connectivity index (χ0n) is 20.6. The fraction of sp³-hybridized carbons (Fsp3) is 0.571. The molecule has 4 nitrogen and oxygen atoms in total. The van der Waals surface area contributed by atoms with Crippen molar-refractivity contribution in [2.75, 3.05) is 0 Å². The Kier molecular flexibility index (Phi) is 12.6. The van der Waals surface area contributed by atoms with Gasteiger partial charge in [0.1, 0.15) is 11.3 Å². The van der Waals surface area contributed by atoms with Gasteiger partial charge in [0.15, 0.2) is 0 Å². The molecule has 194 valence electrons. The van der Waals surface area contributed by atoms with Crippen molar-refractivity contribution in [3.63, 3.8) is 0 Å². The van der Waals surface area contributed by atoms with Crippen molar-refractivity contribution in [1.82, 2.24) is 0 Å². The molecule has 1 aromatic heterocycles. The van der Waals surface area contributed by atoms with Gasteiger partial charge in [-0.1, -0.05) is 57.6 Å². The number of alkyl halides is 3. The second-order valence-electron chi connectivity index (χ2n) is 9.02. The summed E-state index contributed by atoms with van der Waals surface area (Å²) in [5.74, 6) is -2.14. The second kappa shape index (κ2) is 15.4. The second-order valence-corrected chi connectivity index (χ2v) is 9.02. The number of hydrogen-bond donors (Lipinski definition) is 0. The van der Waals surface area contributed by atoms with Crippen molar-refractivity contribution in [3.8, 4) is 5.75 Å². The maximum Gasteiger partial charge on any atom is 0.391 e. The van der Waals surface area contributed by atoms with E-state index in [1.807, 2.05) is 0 Å². The lowest BCUT2D eigenvalue weighted by atomic mass is 9.95. The molecule has 1 aromatic carbocycles. The van der Waals surface area contributed by atoms with Crippen molar-refractivity contribution in [1.29, 1.82) is 0 Å². The Morgan fingerprint density at radius 1 is 0.943 bits per heavy atom. The molecular formula is C28H37F3O4. The number of carbonyl (C=O) groups is 1. The van der Waals surface area contributed by atoms with Gasteiger partial charge in [0.05, 0.1) is 5.92 Å². The van der Waals surface area contributed by atoms with Gasteiger partial charge in [-0.05, 0) is 56.7 Å². The monoisotopic (exact) mass is 494 g/mol. The fourth-order valence-electron chi connectivity index (χ4n) is 3.98. The Morgan fingerprint density at radius 2 is 1.60 bits per heavy atom. The standard InChI is InChI=1S/C28H37F3O4/c1-2-3-4-5-6-7-8-9-10-11-12-13-14-23(28(29,30)31)17-20-26(32)34-24-18-15-22-16-19-27(33)35-25(22)21-24/h9-10,15-16,18-19,21,23H,2-8,11-14,17,20H2,1H3/b10-9-. The van der Waals surface area contributed by atoms with E-state index in [4.69, 9.17) is 9.15 Å². The maximum absolute atomic E-state index is 13.4. The van der Waals surface area contributed by atoms with E-state index in [2.05, 4.69) is 19.1 Å². The highest BCUT2D eigenvalue weighted by Gasteiger charge is 2.38. The highest BCUT2D eigenvalue weighted by Crippen LogP contribution is 2.34. The summed E-state index contributed by atoms with van der Waals surface area (Å²) < 4.78 is 50.5. The highest BCUT2D eigenvalue weighted by atomic mass is 19.4. The smallest absolute Gasteiger partial charge is 0.391 e. The van der Waals surface area contributed by atoms with Crippen LogP contribution >= 0.6 is 0 Å². The fourth-order valence-corrected chi connectivity index (χ4v) is 3.98. The van der Waals surface area contributed by atoms with E-state index in [9.17, 15) is 22.8 Å². The molecule has 35 heavy (non-hydrogen) atoms. The van der Waals surface area contributed by atoms with Crippen molar-refractivity contribution < 1.29 is 27.1 Å². The van der Waals surface area contributed by atoms with Crippen LogP contribution in [0.2, 0.25) is 0 Å². The Bertz CT molecular complexity index is 978. The molecule has 2 rings (SSSR count). The summed E-state index contributed by atoms with van der Waals surface area (Å²) >= 11 is 0. The first-order valence-corrected chi connectivity index (χ1v) is 12.8. The molecule has 2 aromatic rings. The number of fused-ring (bicyclic) bond motifs is 1. The first kappa shape index (κ1) is 28.7. The van der Waals surface area contributed by atoms with Crippen LogP contribution in [0.1, 0.15) is 90.4 Å². The zero-order valence-corrected chi connectivity index (χ0v) is 20.6. The molecule has 0 spiro atoms. The SMILES string of the molecule is CCCCCCCC/C=C\CCCCC(CCC(=O)Oc1ccc2ccc(=O)oc2c1)C(F)(F)F. The lowest BCUT2D eigenvalue weighted by Crippen LogP contribution is -2.24. The topological polar surface area (TPSA) is 56.5 Å². The van der Waals surface area contributed by atoms with Crippen LogP contribution in [0.3, 0.4) is 0 Å². The number of allylic oxidation sites excluding steroid dienone is 2. The van der Waals surface area contributed by atoms with Gasteiger partial charge in [-0.2, -0.15) is 13.2 Å². The number of ether oxygens (including phenoxy) is 1. The molecule has 1 heterocycles. The summed E-state index contributed by atoms with van der Waals surface area (Å²) in [6.07, 6.45) is 9.69. The summed E-state index contributed by atoms with van der Waals surface area (Å²) in [6, 6.07) is 7.36. The molecule has 0 bridgehead atoms. The Morgan fingerprint density at radius 3 is 2.31 bits per heavy atom. The molecule has 0 radical (unpaired) electrons. The molecule has 0 aliphatic rings. The number of hydrogen-bond acceptors (Lipinski definition) is 4. The highest BCUT2D eigenvalue weighted by molar-refractivity contribution is 5.79. The molecule has 0 N–H and O–H groups in total. The van der Waals surface area contributed by atoms with Crippen molar-refractivity contribution >= 4 is 16.9 Å². The summed E-state index contributed by atoms with van der Waals surface area (Å²) in [7, 11) is 0. The molecule has 1 unspecified atom stereocenters. The van der Waals surface area contributed by atoms with E-state index in [-0.39, 0.29) is 30.6 Å². The Hall–Kier alpha value is -2.57. The summed E-state index contributed by atoms with van der Waals surface area (Å²) in [4.78, 5) is 23.5. The first-order chi connectivity index (χ1) is 16.8. The molecule has 0 saturated carbocycles. The minimum Gasteiger partial charge on any atom is -0.426 e. The van der Waals surface area contributed by atoms with Crippen LogP contribution in [0.15, 0.2) is 51.7 Å². The molecule has 1 atom stereocenters. The van der Waals surface area contributed by atoms with Crippen LogP contribution in [0.5, 0.6) is 5.75 Å². The maximum atomic E-state index is 13.4. The first-order valence-electron chi connectivity index (χ1n) is 12.8. The lowest BCUT2D eigenvalue weighted by molar-refractivity contribution is -0.179. The minimum atomic E-state index is -4.35. The van der Waals surface area contributed by atoms with E-state index in [0.29, 0.717) is 18.2 Å². The van der Waals surface area contributed by atoms with Gasteiger partial charge >= 0.3 is 17.8 Å². The van der Waals surface area contributed by atoms with Gasteiger partial charge in [-0.25, -0.2) is 4.79 Å². The molecular weight excluding hydrogens is 457 g/mol. The van der Waals surface area contributed by atoms with E-state index in [0.717, 1.165) is 12.8 Å². The van der Waals surface area contributed by atoms with Crippen LogP contribution in [-0.2, 0) is 4.79 Å². The average Bonchev–Trinajstić information content (AvgIpc) is 2.80. The van der Waals surface area contributed by atoms with Crippen LogP contribution in [0.4, 0.5) is 13.2 Å². The van der Waals surface area contributed by atoms with Crippen LogP contribution < -0.4 is 10.4 Å². The largest absolute Gasteiger partial charge is 0.426 e. The number of benzene rings is 1. The third kappa shape index (κ3) is 11.6. The number of esters is 1. The Labute approximate surface area is 205 Å². The third-order valence-corrected chi connectivity index (χ3v) is 6.05. The minimum absolute atomic E-state index is 0.00315. The number of unbranched alkanes of at least 4 members (excludes halogenated alkanes) is 8. The third-order valence-electron chi connectivity index (χ3n) is 6.05. The summed E-state index contributed by atoms with van der Waals surface area (Å²) in [5.41, 5.74) is -0.292. The van der Waals surface area contributed by atoms with Crippen molar-refractivity contribution in [2.24, 2.45) is 5.92 Å². The van der Waals surface area contributed by atoms with Gasteiger partial charge in [-0.3, -0.25) is 4.79 Å². The quantitative estimate of drug-likeness (QED) is 0.0771. The lowest BCUT2D eigenvalue weighted by Gasteiger charge is -2.19. The van der Waals surface area contributed by atoms with E-state index in [1.54, 1.807) is 12.1 Å². The summed E-state index contributed by atoms with van der Waals surface area (Å²) in [5, 5.41) is 0.652. The molecule has 0 amide bonds. The molecule has 0 fully saturated rings.